The summed E-state index contributed by atoms with van der Waals surface area (Å²) in [5.74, 6) is 0.838. The van der Waals surface area contributed by atoms with E-state index in [4.69, 9.17) is 0 Å². The molecule has 2 heteroatoms. The molecule has 2 aliphatic rings. The lowest BCUT2D eigenvalue weighted by Crippen LogP contribution is -1.51. The van der Waals surface area contributed by atoms with Crippen LogP contribution in [0, 0.1) is 0 Å². The van der Waals surface area contributed by atoms with Crippen molar-refractivity contribution in [2.75, 3.05) is 0 Å². The first-order valence-corrected chi connectivity index (χ1v) is 1.43. The Morgan fingerprint density at radius 3 is 2.60 bits per heavy atom. The van der Waals surface area contributed by atoms with E-state index < -0.39 is 0 Å². The van der Waals surface area contributed by atoms with Gasteiger partial charge in [-0.25, -0.2) is 4.98 Å². The minimum absolute atomic E-state index is 0.838. The van der Waals surface area contributed by atoms with Crippen LogP contribution in [0.2, 0.25) is 0 Å². The SMILES string of the molecule is c1oc2nc1-2. The smallest absolute Gasteiger partial charge is 0.249 e. The summed E-state index contributed by atoms with van der Waals surface area (Å²) in [4.78, 5) is 3.72. The second kappa shape index (κ2) is 0.233. The summed E-state index contributed by atoms with van der Waals surface area (Å²) in [6.45, 7) is 0. The van der Waals surface area contributed by atoms with Crippen LogP contribution in [0.3, 0.4) is 0 Å². The van der Waals surface area contributed by atoms with Crippen molar-refractivity contribution in [1.29, 1.82) is 0 Å². The van der Waals surface area contributed by atoms with Crippen molar-refractivity contribution in [1.82, 2.24) is 4.98 Å². The first-order valence-electron chi connectivity index (χ1n) is 1.43. The summed E-state index contributed by atoms with van der Waals surface area (Å²) in [6, 6.07) is 0. The van der Waals surface area contributed by atoms with Crippen LogP contribution in [0.4, 0.5) is 0 Å². The summed E-state index contributed by atoms with van der Waals surface area (Å²) < 4.78 is 4.59. The standard InChI is InChI=1S/C3HNO/c1-2-3(4-2)5-1/h1H. The van der Waals surface area contributed by atoms with Crippen LogP contribution in [-0.2, 0) is 0 Å². The number of nitrogens with zero attached hydrogens (tertiary/aromatic N) is 1. The normalized spacial score (nSPS) is 12.0. The molecule has 0 radical (unpaired) electrons. The predicted molar refractivity (Wildman–Crippen MR) is 15.5 cm³/mol. The van der Waals surface area contributed by atoms with Crippen LogP contribution in [0.25, 0.3) is 11.6 Å². The van der Waals surface area contributed by atoms with Gasteiger partial charge in [-0.05, 0) is 0 Å². The lowest BCUT2D eigenvalue weighted by molar-refractivity contribution is 0.553. The van der Waals surface area contributed by atoms with Crippen molar-refractivity contribution in [3.63, 3.8) is 0 Å². The Bertz CT molecular complexity index is 132. The highest BCUT2D eigenvalue weighted by molar-refractivity contribution is 5.60. The van der Waals surface area contributed by atoms with Crippen molar-refractivity contribution in [2.24, 2.45) is 0 Å². The van der Waals surface area contributed by atoms with Gasteiger partial charge in [0.05, 0.1) is 0 Å². The molecule has 0 bridgehead atoms. The zero-order valence-corrected chi connectivity index (χ0v) is 2.43. The molecule has 0 unspecified atom stereocenters. The van der Waals surface area contributed by atoms with Crippen LogP contribution in [0.15, 0.2) is 10.7 Å². The Labute approximate surface area is 28.4 Å². The number of hydrogen-bond donors (Lipinski definition) is 0. The van der Waals surface area contributed by atoms with E-state index in [9.17, 15) is 0 Å². The molecule has 0 saturated carbocycles. The van der Waals surface area contributed by atoms with E-state index in [0.717, 1.165) is 11.6 Å². The topological polar surface area (TPSA) is 26.0 Å². The van der Waals surface area contributed by atoms with Crippen molar-refractivity contribution in [3.05, 3.63) is 6.26 Å². The third-order valence-corrected chi connectivity index (χ3v) is 0.673. The summed E-state index contributed by atoms with van der Waals surface area (Å²) in [6.07, 6.45) is 1.63. The molecule has 5 heavy (non-hydrogen) atoms. The molecule has 0 aliphatic carbocycles. The highest BCUT2D eigenvalue weighted by atomic mass is 16.4. The third-order valence-electron chi connectivity index (χ3n) is 0.673. The van der Waals surface area contributed by atoms with Crippen LogP contribution >= 0.6 is 0 Å². The number of hydrogen-bond acceptors (Lipinski definition) is 2. The number of oxazole rings is 1. The van der Waals surface area contributed by atoms with E-state index in [1.807, 2.05) is 0 Å². The van der Waals surface area contributed by atoms with E-state index >= 15 is 0 Å². The zero-order chi connectivity index (χ0) is 3.28. The average molecular weight is 67.0 g/mol. The second-order valence-electron chi connectivity index (χ2n) is 1.04. The maximum absolute atomic E-state index is 4.59. The van der Waals surface area contributed by atoms with Gasteiger partial charge in [-0.15, -0.1) is 0 Å². The number of rotatable bonds is 0. The van der Waals surface area contributed by atoms with Gasteiger partial charge in [-0.1, -0.05) is 0 Å². The molecule has 0 aromatic rings. The quantitative estimate of drug-likeness (QED) is 0.452. The molecule has 2 heterocycles. The highest BCUT2D eigenvalue weighted by Crippen LogP contribution is 2.29. The van der Waals surface area contributed by atoms with E-state index in [2.05, 4.69) is 9.40 Å². The van der Waals surface area contributed by atoms with Gasteiger partial charge in [-0.3, -0.25) is 0 Å². The molecular weight excluding hydrogens is 66.0 g/mol. The molecule has 0 saturated heterocycles. The van der Waals surface area contributed by atoms with Gasteiger partial charge in [0, 0.05) is 0 Å². The average Bonchev–Trinajstić information content (AvgIpc) is 1.74. The van der Waals surface area contributed by atoms with E-state index in [-0.39, 0.29) is 0 Å². The summed E-state index contributed by atoms with van der Waals surface area (Å²) in [5, 5.41) is 0. The maximum Gasteiger partial charge on any atom is 0.249 e. The molecule has 0 amide bonds. The van der Waals surface area contributed by atoms with Gasteiger partial charge in [-0.2, -0.15) is 0 Å². The van der Waals surface area contributed by atoms with Crippen molar-refractivity contribution in [2.45, 2.75) is 0 Å². The monoisotopic (exact) mass is 67.0 g/mol. The fourth-order valence-corrected chi connectivity index (χ4v) is 0.298. The predicted octanol–water partition coefficient (Wildman–Crippen LogP) is 0.655. The van der Waals surface area contributed by atoms with Gasteiger partial charge in [0.25, 0.3) is 0 Å². The molecule has 0 aromatic carbocycles. The van der Waals surface area contributed by atoms with Gasteiger partial charge in [0.1, 0.15) is 6.26 Å². The van der Waals surface area contributed by atoms with Crippen molar-refractivity contribution >= 4 is 0 Å². The van der Waals surface area contributed by atoms with E-state index in [1.165, 1.54) is 0 Å². The Hall–Kier alpha value is -0.790. The molecule has 0 spiro atoms. The molecule has 0 N–H and O–H groups in total. The lowest BCUT2D eigenvalue weighted by atomic mass is 10.6. The molecule has 0 fully saturated rings. The van der Waals surface area contributed by atoms with Gasteiger partial charge in [0.15, 0.2) is 5.69 Å². The molecular formula is C3HNO. The molecule has 2 aliphatic heterocycles. The molecule has 0 aromatic heterocycles. The van der Waals surface area contributed by atoms with Gasteiger partial charge < -0.3 is 4.42 Å². The summed E-state index contributed by atoms with van der Waals surface area (Å²) in [7, 11) is 0. The summed E-state index contributed by atoms with van der Waals surface area (Å²) in [5.41, 5.74) is 1.05. The molecule has 24 valence electrons. The zero-order valence-electron chi connectivity index (χ0n) is 2.43. The lowest BCUT2D eigenvalue weighted by Gasteiger charge is -1.72. The van der Waals surface area contributed by atoms with Crippen molar-refractivity contribution in [3.8, 4) is 11.6 Å². The van der Waals surface area contributed by atoms with Crippen molar-refractivity contribution < 1.29 is 4.42 Å². The number of fused-ring (bicyclic) bond motifs is 1. The fourth-order valence-electron chi connectivity index (χ4n) is 0.298. The Kier molecular flexibility index (Phi) is 0.0743. The Morgan fingerprint density at radius 2 is 2.60 bits per heavy atom. The second-order valence-corrected chi connectivity index (χ2v) is 1.04. The maximum atomic E-state index is 4.59. The van der Waals surface area contributed by atoms with Crippen LogP contribution < -0.4 is 0 Å². The molecule has 2 nitrogen and oxygen atoms in total. The minimum Gasteiger partial charge on any atom is -0.442 e. The molecule has 0 atom stereocenters. The minimum atomic E-state index is 0.838. The van der Waals surface area contributed by atoms with Crippen LogP contribution in [-0.4, -0.2) is 4.98 Å². The van der Waals surface area contributed by atoms with Crippen LogP contribution in [0.5, 0.6) is 0 Å². The van der Waals surface area contributed by atoms with E-state index in [0.29, 0.717) is 0 Å². The highest BCUT2D eigenvalue weighted by Gasteiger charge is 2.20. The van der Waals surface area contributed by atoms with Gasteiger partial charge >= 0.3 is 0 Å². The first kappa shape index (κ1) is 1.60. The Balaban J connectivity index is 3.13. The Morgan fingerprint density at radius 1 is 1.80 bits per heavy atom. The van der Waals surface area contributed by atoms with Crippen LogP contribution in [0.1, 0.15) is 0 Å². The molecule has 2 rings (SSSR count). The van der Waals surface area contributed by atoms with Gasteiger partial charge in [0.2, 0.25) is 5.89 Å². The first-order chi connectivity index (χ1) is 2.47. The fraction of sp³-hybridized carbons (Fsp3) is 0. The van der Waals surface area contributed by atoms with E-state index in [1.54, 1.807) is 6.26 Å². The summed E-state index contributed by atoms with van der Waals surface area (Å²) >= 11 is 0. The largest absolute Gasteiger partial charge is 0.442 e. The number of aromatic nitrogens is 1. The third kappa shape index (κ3) is 0.0451.